The van der Waals surface area contributed by atoms with Crippen LogP contribution in [0.2, 0.25) is 0 Å². The lowest BCUT2D eigenvalue weighted by atomic mass is 10.0. The topological polar surface area (TPSA) is 81.2 Å². The van der Waals surface area contributed by atoms with E-state index in [9.17, 15) is 14.0 Å². The molecular formula is C24H24FN2O4+. The minimum Gasteiger partial charge on any atom is -0.496 e. The maximum absolute atomic E-state index is 13.2. The van der Waals surface area contributed by atoms with Gasteiger partial charge in [0.05, 0.1) is 14.2 Å². The van der Waals surface area contributed by atoms with Gasteiger partial charge in [0.15, 0.2) is 6.04 Å². The van der Waals surface area contributed by atoms with Crippen molar-refractivity contribution >= 4 is 17.6 Å². The minimum absolute atomic E-state index is 0.237. The van der Waals surface area contributed by atoms with Gasteiger partial charge >= 0.3 is 5.97 Å². The number of anilines is 1. The maximum Gasteiger partial charge on any atom is 0.341 e. The second kappa shape index (κ2) is 10.4. The number of ether oxygens (including phenoxy) is 2. The molecule has 1 amide bonds. The smallest absolute Gasteiger partial charge is 0.341 e. The van der Waals surface area contributed by atoms with Gasteiger partial charge in [0.25, 0.3) is 5.91 Å². The van der Waals surface area contributed by atoms with Crippen LogP contribution in [0, 0.1) is 5.82 Å². The molecule has 0 unspecified atom stereocenters. The number of halogens is 1. The SMILES string of the molecule is COC(=O)c1cc(C[NH2+][C@@H](C(=O)Nc2ccc(F)cc2)c2ccccc2)ccc1OC. The predicted octanol–water partition coefficient (Wildman–Crippen LogP) is 3.06. The third kappa shape index (κ3) is 5.67. The van der Waals surface area contributed by atoms with Crippen LogP contribution < -0.4 is 15.4 Å². The van der Waals surface area contributed by atoms with E-state index in [1.165, 1.54) is 38.5 Å². The van der Waals surface area contributed by atoms with Gasteiger partial charge in [-0.25, -0.2) is 9.18 Å². The molecule has 0 saturated heterocycles. The van der Waals surface area contributed by atoms with E-state index in [-0.39, 0.29) is 11.7 Å². The van der Waals surface area contributed by atoms with E-state index in [2.05, 4.69) is 5.32 Å². The van der Waals surface area contributed by atoms with E-state index < -0.39 is 12.0 Å². The molecule has 0 aromatic heterocycles. The Labute approximate surface area is 180 Å². The number of carbonyl (C=O) groups is 2. The highest BCUT2D eigenvalue weighted by molar-refractivity contribution is 5.94. The number of quaternary nitrogens is 1. The Morgan fingerprint density at radius 2 is 1.71 bits per heavy atom. The van der Waals surface area contributed by atoms with Crippen molar-refractivity contribution in [1.29, 1.82) is 0 Å². The van der Waals surface area contributed by atoms with Crippen molar-refractivity contribution in [3.8, 4) is 5.75 Å². The molecule has 31 heavy (non-hydrogen) atoms. The monoisotopic (exact) mass is 423 g/mol. The molecule has 1 atom stereocenters. The average molecular weight is 423 g/mol. The van der Waals surface area contributed by atoms with Crippen molar-refractivity contribution in [2.24, 2.45) is 0 Å². The number of nitrogens with one attached hydrogen (secondary N) is 1. The summed E-state index contributed by atoms with van der Waals surface area (Å²) < 4.78 is 23.2. The lowest BCUT2D eigenvalue weighted by molar-refractivity contribution is -0.697. The van der Waals surface area contributed by atoms with Gasteiger partial charge < -0.3 is 20.1 Å². The number of methoxy groups -OCH3 is 2. The van der Waals surface area contributed by atoms with E-state index in [1.54, 1.807) is 12.1 Å². The third-order valence-electron chi connectivity index (χ3n) is 4.81. The fourth-order valence-corrected chi connectivity index (χ4v) is 3.21. The fourth-order valence-electron chi connectivity index (χ4n) is 3.21. The quantitative estimate of drug-likeness (QED) is 0.546. The molecule has 0 heterocycles. The Morgan fingerprint density at radius 1 is 1.00 bits per heavy atom. The van der Waals surface area contributed by atoms with Gasteiger partial charge in [-0.2, -0.15) is 0 Å². The number of esters is 1. The molecule has 160 valence electrons. The molecule has 0 spiro atoms. The summed E-state index contributed by atoms with van der Waals surface area (Å²) in [6.45, 7) is 0.435. The Bertz CT molecular complexity index is 1040. The molecule has 0 aliphatic carbocycles. The van der Waals surface area contributed by atoms with Gasteiger partial charge in [-0.05, 0) is 42.5 Å². The Hall–Kier alpha value is -3.71. The van der Waals surface area contributed by atoms with Crippen LogP contribution in [-0.2, 0) is 16.1 Å². The van der Waals surface area contributed by atoms with Crippen molar-refractivity contribution in [2.45, 2.75) is 12.6 Å². The Kier molecular flexibility index (Phi) is 7.35. The first kappa shape index (κ1) is 22.0. The van der Waals surface area contributed by atoms with Crippen LogP contribution in [0.25, 0.3) is 0 Å². The fraction of sp³-hybridized carbons (Fsp3) is 0.167. The first-order valence-electron chi connectivity index (χ1n) is 9.71. The van der Waals surface area contributed by atoms with Gasteiger partial charge in [-0.15, -0.1) is 0 Å². The summed E-state index contributed by atoms with van der Waals surface area (Å²) in [5.41, 5.74) is 2.49. The minimum atomic E-state index is -0.546. The summed E-state index contributed by atoms with van der Waals surface area (Å²) in [6, 6.07) is 19.7. The molecule has 0 radical (unpaired) electrons. The van der Waals surface area contributed by atoms with Crippen molar-refractivity contribution in [1.82, 2.24) is 0 Å². The summed E-state index contributed by atoms with van der Waals surface area (Å²) >= 11 is 0. The number of rotatable bonds is 8. The Morgan fingerprint density at radius 3 is 2.35 bits per heavy atom. The molecule has 7 heteroatoms. The highest BCUT2D eigenvalue weighted by Gasteiger charge is 2.24. The number of amides is 1. The normalized spacial score (nSPS) is 11.5. The maximum atomic E-state index is 13.2. The summed E-state index contributed by atoms with van der Waals surface area (Å²) in [6.07, 6.45) is 0. The average Bonchev–Trinajstić information content (AvgIpc) is 2.80. The van der Waals surface area contributed by atoms with Crippen molar-refractivity contribution in [2.75, 3.05) is 19.5 Å². The molecule has 0 bridgehead atoms. The highest BCUT2D eigenvalue weighted by atomic mass is 19.1. The zero-order chi connectivity index (χ0) is 22.2. The number of nitrogens with two attached hydrogens (primary N) is 1. The highest BCUT2D eigenvalue weighted by Crippen LogP contribution is 2.21. The summed E-state index contributed by atoms with van der Waals surface area (Å²) in [5, 5.41) is 4.70. The number of carbonyl (C=O) groups excluding carboxylic acids is 2. The molecule has 3 N–H and O–H groups in total. The summed E-state index contributed by atoms with van der Waals surface area (Å²) in [4.78, 5) is 25.0. The molecule has 0 aliphatic rings. The van der Waals surface area contributed by atoms with Crippen molar-refractivity contribution in [3.05, 3.63) is 95.3 Å². The van der Waals surface area contributed by atoms with Gasteiger partial charge in [-0.1, -0.05) is 30.3 Å². The van der Waals surface area contributed by atoms with Gasteiger partial charge in [-0.3, -0.25) is 4.79 Å². The summed E-state index contributed by atoms with van der Waals surface area (Å²) in [5.74, 6) is -0.679. The molecule has 6 nitrogen and oxygen atoms in total. The summed E-state index contributed by atoms with van der Waals surface area (Å²) in [7, 11) is 2.80. The molecule has 3 rings (SSSR count). The second-order valence-corrected chi connectivity index (χ2v) is 6.85. The van der Waals surface area contributed by atoms with E-state index in [1.807, 2.05) is 41.7 Å². The predicted molar refractivity (Wildman–Crippen MR) is 114 cm³/mol. The number of hydrogen-bond donors (Lipinski definition) is 2. The van der Waals surface area contributed by atoms with Gasteiger partial charge in [0, 0.05) is 16.8 Å². The van der Waals surface area contributed by atoms with Crippen LogP contribution in [0.4, 0.5) is 10.1 Å². The van der Waals surface area contributed by atoms with Crippen molar-refractivity contribution in [3.63, 3.8) is 0 Å². The zero-order valence-corrected chi connectivity index (χ0v) is 17.3. The van der Waals surface area contributed by atoms with Gasteiger partial charge in [0.1, 0.15) is 23.7 Å². The van der Waals surface area contributed by atoms with Crippen LogP contribution in [0.5, 0.6) is 5.75 Å². The first-order valence-corrected chi connectivity index (χ1v) is 9.71. The third-order valence-corrected chi connectivity index (χ3v) is 4.81. The molecular weight excluding hydrogens is 399 g/mol. The molecule has 3 aromatic rings. The van der Waals surface area contributed by atoms with Crippen LogP contribution in [0.3, 0.4) is 0 Å². The van der Waals surface area contributed by atoms with Crippen molar-refractivity contribution < 1.29 is 28.8 Å². The largest absolute Gasteiger partial charge is 0.496 e. The van der Waals surface area contributed by atoms with E-state index >= 15 is 0 Å². The number of benzene rings is 3. The second-order valence-electron chi connectivity index (χ2n) is 6.85. The lowest BCUT2D eigenvalue weighted by Gasteiger charge is -2.17. The van der Waals surface area contributed by atoms with E-state index in [0.717, 1.165) is 11.1 Å². The standard InChI is InChI=1S/C24H23FN2O4/c1-30-21-13-8-16(14-20(21)24(29)31-2)15-26-22(17-6-4-3-5-7-17)23(28)27-19-11-9-18(25)10-12-19/h3-14,22,26H,15H2,1-2H3,(H,27,28)/p+1/t22-/m1/s1. The lowest BCUT2D eigenvalue weighted by Crippen LogP contribution is -2.85. The molecule has 3 aromatic carbocycles. The first-order chi connectivity index (χ1) is 15.0. The Balaban J connectivity index is 1.80. The van der Waals surface area contributed by atoms with Crippen LogP contribution in [0.1, 0.15) is 27.5 Å². The van der Waals surface area contributed by atoms with Crippen LogP contribution in [0.15, 0.2) is 72.8 Å². The zero-order valence-electron chi connectivity index (χ0n) is 17.3. The van der Waals surface area contributed by atoms with Crippen LogP contribution in [-0.4, -0.2) is 26.1 Å². The molecule has 0 fully saturated rings. The van der Waals surface area contributed by atoms with Gasteiger partial charge in [0.2, 0.25) is 0 Å². The number of hydrogen-bond acceptors (Lipinski definition) is 4. The van der Waals surface area contributed by atoms with E-state index in [0.29, 0.717) is 23.5 Å². The molecule has 0 saturated carbocycles. The van der Waals surface area contributed by atoms with E-state index in [4.69, 9.17) is 9.47 Å². The van der Waals surface area contributed by atoms with Crippen LogP contribution >= 0.6 is 0 Å². The molecule has 0 aliphatic heterocycles.